The van der Waals surface area contributed by atoms with Crippen LogP contribution in [0.1, 0.15) is 40.3 Å². The quantitative estimate of drug-likeness (QED) is 0.327. The third kappa shape index (κ3) is 6.64. The van der Waals surface area contributed by atoms with Crippen LogP contribution in [-0.2, 0) is 27.7 Å². The summed E-state index contributed by atoms with van der Waals surface area (Å²) in [5, 5.41) is 24.3. The average Bonchev–Trinajstić information content (AvgIpc) is 3.19. The minimum Gasteiger partial charge on any atom is -0.392 e. The predicted octanol–water partition coefficient (Wildman–Crippen LogP) is 2.97. The summed E-state index contributed by atoms with van der Waals surface area (Å²) in [6, 6.07) is 21.5. The van der Waals surface area contributed by atoms with Crippen molar-refractivity contribution in [3.05, 3.63) is 101 Å². The molecular formula is C29H34N2O5S. The van der Waals surface area contributed by atoms with Crippen LogP contribution in [0.4, 0.5) is 0 Å². The lowest BCUT2D eigenvalue weighted by atomic mass is 9.92. The average molecular weight is 523 g/mol. The van der Waals surface area contributed by atoms with Crippen LogP contribution in [0, 0.1) is 19.8 Å². The second-order valence-electron chi connectivity index (χ2n) is 9.83. The minimum atomic E-state index is -3.81. The highest BCUT2D eigenvalue weighted by Gasteiger charge is 2.34. The van der Waals surface area contributed by atoms with Crippen LogP contribution in [-0.4, -0.2) is 43.3 Å². The Morgan fingerprint density at radius 3 is 2.43 bits per heavy atom. The third-order valence-electron chi connectivity index (χ3n) is 7.05. The van der Waals surface area contributed by atoms with E-state index in [-0.39, 0.29) is 23.8 Å². The fraction of sp³-hybridized carbons (Fsp3) is 0.345. The molecule has 0 aliphatic heterocycles. The highest BCUT2D eigenvalue weighted by molar-refractivity contribution is 7.89. The number of carbonyl (C=O) groups is 1. The summed E-state index contributed by atoms with van der Waals surface area (Å²) in [6.45, 7) is 3.53. The van der Waals surface area contributed by atoms with Crippen molar-refractivity contribution in [3.63, 3.8) is 0 Å². The van der Waals surface area contributed by atoms with Crippen molar-refractivity contribution in [2.24, 2.45) is 5.92 Å². The zero-order chi connectivity index (χ0) is 26.6. The molecule has 3 aromatic carbocycles. The van der Waals surface area contributed by atoms with Crippen molar-refractivity contribution < 1.29 is 23.4 Å². The molecule has 3 aromatic rings. The molecule has 4 atom stereocenters. The maximum atomic E-state index is 13.4. The van der Waals surface area contributed by atoms with Gasteiger partial charge in [-0.25, -0.2) is 13.1 Å². The van der Waals surface area contributed by atoms with Crippen molar-refractivity contribution in [2.45, 2.75) is 56.3 Å². The fourth-order valence-corrected chi connectivity index (χ4v) is 5.94. The summed E-state index contributed by atoms with van der Waals surface area (Å²) in [4.78, 5) is 13.5. The lowest BCUT2D eigenvalue weighted by Gasteiger charge is -2.24. The lowest BCUT2D eigenvalue weighted by Crippen LogP contribution is -2.41. The SMILES string of the molecule is Cc1ccc(S(=O)(=O)NC[C@@H](O)C[C@@H](Cc2ccccc2)C(=O)N[C@H]2c3ccccc3C[C@H]2O)cc1C. The number of hydrogen-bond acceptors (Lipinski definition) is 5. The van der Waals surface area contributed by atoms with Crippen LogP contribution >= 0.6 is 0 Å². The second-order valence-corrected chi connectivity index (χ2v) is 11.6. The molecule has 37 heavy (non-hydrogen) atoms. The van der Waals surface area contributed by atoms with Crippen LogP contribution in [0.15, 0.2) is 77.7 Å². The van der Waals surface area contributed by atoms with E-state index in [1.54, 1.807) is 12.1 Å². The highest BCUT2D eigenvalue weighted by atomic mass is 32.2. The molecule has 0 saturated carbocycles. The smallest absolute Gasteiger partial charge is 0.240 e. The summed E-state index contributed by atoms with van der Waals surface area (Å²) >= 11 is 0. The van der Waals surface area contributed by atoms with Gasteiger partial charge in [-0.3, -0.25) is 4.79 Å². The number of amides is 1. The predicted molar refractivity (Wildman–Crippen MR) is 142 cm³/mol. The largest absolute Gasteiger partial charge is 0.392 e. The van der Waals surface area contributed by atoms with Gasteiger partial charge in [0.05, 0.1) is 23.1 Å². The van der Waals surface area contributed by atoms with Crippen molar-refractivity contribution in [3.8, 4) is 0 Å². The molecule has 0 heterocycles. The molecule has 0 saturated heterocycles. The molecule has 1 aliphatic carbocycles. The third-order valence-corrected chi connectivity index (χ3v) is 8.47. The maximum absolute atomic E-state index is 13.4. The molecule has 0 spiro atoms. The van der Waals surface area contributed by atoms with Gasteiger partial charge in [0.25, 0.3) is 0 Å². The van der Waals surface area contributed by atoms with Crippen molar-refractivity contribution >= 4 is 15.9 Å². The van der Waals surface area contributed by atoms with Gasteiger partial charge in [0.2, 0.25) is 15.9 Å². The number of aliphatic hydroxyl groups excluding tert-OH is 2. The number of rotatable bonds is 10. The maximum Gasteiger partial charge on any atom is 0.240 e. The zero-order valence-corrected chi connectivity index (χ0v) is 21.9. The van der Waals surface area contributed by atoms with Crippen LogP contribution in [0.3, 0.4) is 0 Å². The first kappa shape index (κ1) is 27.0. The molecule has 4 N–H and O–H groups in total. The van der Waals surface area contributed by atoms with Crippen molar-refractivity contribution in [2.75, 3.05) is 6.54 Å². The van der Waals surface area contributed by atoms with E-state index >= 15 is 0 Å². The van der Waals surface area contributed by atoms with Crippen LogP contribution in [0.25, 0.3) is 0 Å². The normalized spacial score (nSPS) is 18.7. The Bertz CT molecular complexity index is 1340. The standard InChI is InChI=1S/C29H34N2O5S/c1-19-12-13-25(14-20(19)2)37(35,36)30-18-24(32)16-23(15-21-8-4-3-5-9-21)29(34)31-28-26-11-7-6-10-22(26)17-27(28)33/h3-14,23-24,27-28,30,32-33H,15-18H2,1-2H3,(H,31,34)/t23-,24+,27-,28+/m1/s1. The summed E-state index contributed by atoms with van der Waals surface area (Å²) in [7, 11) is -3.81. The van der Waals surface area contributed by atoms with Gasteiger partial charge in [0.15, 0.2) is 0 Å². The number of fused-ring (bicyclic) bond motifs is 1. The Hall–Kier alpha value is -3.04. The van der Waals surface area contributed by atoms with E-state index < -0.39 is 34.2 Å². The number of carbonyl (C=O) groups excluding carboxylic acids is 1. The van der Waals surface area contributed by atoms with Crippen LogP contribution < -0.4 is 10.0 Å². The Balaban J connectivity index is 1.45. The number of aryl methyl sites for hydroxylation is 2. The molecule has 1 aliphatic rings. The summed E-state index contributed by atoms with van der Waals surface area (Å²) in [6.07, 6.45) is -0.915. The molecular weight excluding hydrogens is 488 g/mol. The van der Waals surface area contributed by atoms with Gasteiger partial charge in [0.1, 0.15) is 0 Å². The highest BCUT2D eigenvalue weighted by Crippen LogP contribution is 2.32. The fourth-order valence-electron chi connectivity index (χ4n) is 4.78. The Kier molecular flexibility index (Phi) is 8.44. The van der Waals surface area contributed by atoms with E-state index in [4.69, 9.17) is 0 Å². The lowest BCUT2D eigenvalue weighted by molar-refractivity contribution is -0.127. The van der Waals surface area contributed by atoms with E-state index in [9.17, 15) is 23.4 Å². The molecule has 0 bridgehead atoms. The molecule has 0 aromatic heterocycles. The summed E-state index contributed by atoms with van der Waals surface area (Å²) in [5.74, 6) is -0.913. The van der Waals surface area contributed by atoms with E-state index in [2.05, 4.69) is 10.0 Å². The zero-order valence-electron chi connectivity index (χ0n) is 21.1. The Morgan fingerprint density at radius 1 is 1.00 bits per heavy atom. The van der Waals surface area contributed by atoms with Gasteiger partial charge in [-0.1, -0.05) is 60.7 Å². The monoisotopic (exact) mass is 522 g/mol. The number of sulfonamides is 1. The number of nitrogens with one attached hydrogen (secondary N) is 2. The van der Waals surface area contributed by atoms with Gasteiger partial charge in [-0.05, 0) is 66.6 Å². The number of hydrogen-bond donors (Lipinski definition) is 4. The van der Waals surface area contributed by atoms with E-state index in [0.29, 0.717) is 12.8 Å². The Labute approximate surface area is 218 Å². The van der Waals surface area contributed by atoms with Gasteiger partial charge in [-0.2, -0.15) is 0 Å². The van der Waals surface area contributed by atoms with Crippen LogP contribution in [0.2, 0.25) is 0 Å². The van der Waals surface area contributed by atoms with Crippen LogP contribution in [0.5, 0.6) is 0 Å². The molecule has 8 heteroatoms. The molecule has 196 valence electrons. The van der Waals surface area contributed by atoms with Gasteiger partial charge >= 0.3 is 0 Å². The molecule has 0 radical (unpaired) electrons. The molecule has 7 nitrogen and oxygen atoms in total. The Morgan fingerprint density at radius 2 is 1.70 bits per heavy atom. The van der Waals surface area contributed by atoms with Gasteiger partial charge in [-0.15, -0.1) is 0 Å². The van der Waals surface area contributed by atoms with Crippen molar-refractivity contribution in [1.29, 1.82) is 0 Å². The van der Waals surface area contributed by atoms with E-state index in [1.807, 2.05) is 68.4 Å². The molecule has 0 unspecified atom stereocenters. The first-order valence-corrected chi connectivity index (χ1v) is 14.0. The molecule has 0 fully saturated rings. The first-order valence-electron chi connectivity index (χ1n) is 12.5. The van der Waals surface area contributed by atoms with E-state index in [0.717, 1.165) is 27.8 Å². The first-order chi connectivity index (χ1) is 17.6. The summed E-state index contributed by atoms with van der Waals surface area (Å²) < 4.78 is 28.0. The number of benzene rings is 3. The topological polar surface area (TPSA) is 116 Å². The molecule has 4 rings (SSSR count). The van der Waals surface area contributed by atoms with Gasteiger partial charge in [0, 0.05) is 18.9 Å². The minimum absolute atomic E-state index is 0.0562. The van der Waals surface area contributed by atoms with Gasteiger partial charge < -0.3 is 15.5 Å². The molecule has 1 amide bonds. The summed E-state index contributed by atoms with van der Waals surface area (Å²) in [5.41, 5.74) is 4.67. The second kappa shape index (κ2) is 11.6. The van der Waals surface area contributed by atoms with E-state index in [1.165, 1.54) is 6.07 Å². The number of aliphatic hydroxyl groups is 2. The van der Waals surface area contributed by atoms with Crippen molar-refractivity contribution in [1.82, 2.24) is 10.0 Å².